The van der Waals surface area contributed by atoms with Crippen molar-refractivity contribution in [2.75, 3.05) is 0 Å². The van der Waals surface area contributed by atoms with Crippen molar-refractivity contribution in [1.82, 2.24) is 9.55 Å². The highest BCUT2D eigenvalue weighted by Crippen LogP contribution is 2.31. The summed E-state index contributed by atoms with van der Waals surface area (Å²) in [5, 5.41) is 9.94. The maximum absolute atomic E-state index is 9.94. The first-order valence-electron chi connectivity index (χ1n) is 6.07. The molecule has 0 saturated carbocycles. The van der Waals surface area contributed by atoms with Crippen LogP contribution >= 0.6 is 0 Å². The van der Waals surface area contributed by atoms with Crippen LogP contribution in [0.1, 0.15) is 35.9 Å². The van der Waals surface area contributed by atoms with Crippen molar-refractivity contribution in [3.05, 3.63) is 47.5 Å². The van der Waals surface area contributed by atoms with Crippen LogP contribution < -0.4 is 0 Å². The third kappa shape index (κ3) is 1.76. The van der Waals surface area contributed by atoms with E-state index < -0.39 is 0 Å². The van der Waals surface area contributed by atoms with Gasteiger partial charge >= 0.3 is 0 Å². The summed E-state index contributed by atoms with van der Waals surface area (Å²) < 4.78 is 2.14. The number of aliphatic hydroxyl groups excluding tert-OH is 1. The van der Waals surface area contributed by atoms with Gasteiger partial charge in [0.2, 0.25) is 0 Å². The molecule has 0 radical (unpaired) electrons. The van der Waals surface area contributed by atoms with Crippen molar-refractivity contribution in [3.8, 4) is 5.69 Å². The topological polar surface area (TPSA) is 38.0 Å². The second-order valence-electron chi connectivity index (χ2n) is 4.65. The lowest BCUT2D eigenvalue weighted by Gasteiger charge is -2.20. The molecule has 0 amide bonds. The normalized spacial score (nSPS) is 19.1. The molecule has 88 valence electrons. The van der Waals surface area contributed by atoms with E-state index in [1.54, 1.807) is 0 Å². The molecule has 0 aromatic carbocycles. The van der Waals surface area contributed by atoms with Crippen LogP contribution in [-0.4, -0.2) is 14.7 Å². The summed E-state index contributed by atoms with van der Waals surface area (Å²) >= 11 is 0. The van der Waals surface area contributed by atoms with Crippen LogP contribution in [0.3, 0.4) is 0 Å². The Labute approximate surface area is 101 Å². The maximum Gasteiger partial charge on any atom is 0.0807 e. The molecule has 3 rings (SSSR count). The van der Waals surface area contributed by atoms with Crippen molar-refractivity contribution < 1.29 is 5.11 Å². The standard InChI is InChI=1S/C14H16N2O/c1-10-5-6-11(9-15-10)16-8-7-12-13(16)3-2-4-14(12)17/h5-9,14,17H,2-4H2,1H3. The second-order valence-corrected chi connectivity index (χ2v) is 4.65. The predicted molar refractivity (Wildman–Crippen MR) is 66.2 cm³/mol. The Morgan fingerprint density at radius 3 is 3.00 bits per heavy atom. The van der Waals surface area contributed by atoms with Crippen molar-refractivity contribution in [3.63, 3.8) is 0 Å². The fraction of sp³-hybridized carbons (Fsp3) is 0.357. The van der Waals surface area contributed by atoms with Gasteiger partial charge in [0.1, 0.15) is 0 Å². The molecule has 3 nitrogen and oxygen atoms in total. The monoisotopic (exact) mass is 228 g/mol. The fourth-order valence-corrected chi connectivity index (χ4v) is 2.51. The van der Waals surface area contributed by atoms with E-state index in [4.69, 9.17) is 0 Å². The number of aryl methyl sites for hydroxylation is 1. The van der Waals surface area contributed by atoms with Crippen molar-refractivity contribution in [1.29, 1.82) is 0 Å². The summed E-state index contributed by atoms with van der Waals surface area (Å²) in [5.41, 5.74) is 4.41. The molecule has 0 spiro atoms. The minimum Gasteiger partial charge on any atom is -0.388 e. The van der Waals surface area contributed by atoms with Crippen LogP contribution in [0.25, 0.3) is 5.69 Å². The molecule has 3 heteroatoms. The van der Waals surface area contributed by atoms with E-state index in [9.17, 15) is 5.11 Å². The highest BCUT2D eigenvalue weighted by Gasteiger charge is 2.21. The Balaban J connectivity index is 2.07. The highest BCUT2D eigenvalue weighted by atomic mass is 16.3. The summed E-state index contributed by atoms with van der Waals surface area (Å²) in [6, 6.07) is 6.11. The van der Waals surface area contributed by atoms with E-state index in [1.165, 1.54) is 5.69 Å². The summed E-state index contributed by atoms with van der Waals surface area (Å²) in [5.74, 6) is 0. The number of hydrogen-bond acceptors (Lipinski definition) is 2. The van der Waals surface area contributed by atoms with E-state index >= 15 is 0 Å². The van der Waals surface area contributed by atoms with Crippen LogP contribution in [0.5, 0.6) is 0 Å². The molecular weight excluding hydrogens is 212 g/mol. The minimum atomic E-state index is -0.293. The second kappa shape index (κ2) is 4.00. The number of aliphatic hydroxyl groups is 1. The molecule has 2 aromatic heterocycles. The molecule has 0 bridgehead atoms. The number of rotatable bonds is 1. The van der Waals surface area contributed by atoms with Gasteiger partial charge in [-0.15, -0.1) is 0 Å². The average Bonchev–Trinajstić information content (AvgIpc) is 2.75. The zero-order valence-electron chi connectivity index (χ0n) is 9.93. The SMILES string of the molecule is Cc1ccc(-n2ccc3c2CCCC3O)cn1. The molecule has 0 saturated heterocycles. The molecule has 0 fully saturated rings. The molecule has 2 aromatic rings. The van der Waals surface area contributed by atoms with Gasteiger partial charge < -0.3 is 9.67 Å². The first kappa shape index (κ1) is 10.5. The number of pyridine rings is 1. The number of fused-ring (bicyclic) bond motifs is 1. The van der Waals surface area contributed by atoms with Crippen molar-refractivity contribution >= 4 is 0 Å². The molecule has 1 atom stereocenters. The number of aromatic nitrogens is 2. The van der Waals surface area contributed by atoms with Gasteiger partial charge in [0, 0.05) is 23.1 Å². The molecule has 17 heavy (non-hydrogen) atoms. The van der Waals surface area contributed by atoms with Gasteiger partial charge in [0.15, 0.2) is 0 Å². The number of hydrogen-bond donors (Lipinski definition) is 1. The maximum atomic E-state index is 9.94. The molecule has 0 aliphatic heterocycles. The van der Waals surface area contributed by atoms with Crippen LogP contribution in [0.4, 0.5) is 0 Å². The first-order chi connectivity index (χ1) is 8.25. The first-order valence-corrected chi connectivity index (χ1v) is 6.07. The van der Waals surface area contributed by atoms with Crippen LogP contribution in [0, 0.1) is 6.92 Å². The lowest BCUT2D eigenvalue weighted by molar-refractivity contribution is 0.156. The minimum absolute atomic E-state index is 0.293. The lowest BCUT2D eigenvalue weighted by Crippen LogP contribution is -2.11. The Morgan fingerprint density at radius 1 is 1.35 bits per heavy atom. The predicted octanol–water partition coefficient (Wildman–Crippen LogP) is 2.55. The Kier molecular flexibility index (Phi) is 2.48. The third-order valence-corrected chi connectivity index (χ3v) is 3.45. The van der Waals surface area contributed by atoms with Gasteiger partial charge in [-0.3, -0.25) is 4.98 Å². The van der Waals surface area contributed by atoms with Crippen LogP contribution in [0.2, 0.25) is 0 Å². The van der Waals surface area contributed by atoms with Crippen LogP contribution in [-0.2, 0) is 6.42 Å². The summed E-state index contributed by atoms with van der Waals surface area (Å²) in [6.45, 7) is 1.98. The highest BCUT2D eigenvalue weighted by molar-refractivity contribution is 5.38. The van der Waals surface area contributed by atoms with Crippen LogP contribution in [0.15, 0.2) is 30.6 Å². The number of nitrogens with zero attached hydrogens (tertiary/aromatic N) is 2. The van der Waals surface area contributed by atoms with E-state index in [1.807, 2.05) is 31.5 Å². The van der Waals surface area contributed by atoms with Gasteiger partial charge in [-0.1, -0.05) is 0 Å². The summed E-state index contributed by atoms with van der Waals surface area (Å²) in [6.07, 6.45) is 6.59. The van der Waals surface area contributed by atoms with E-state index in [0.717, 1.165) is 36.2 Å². The Bertz CT molecular complexity index is 528. The quantitative estimate of drug-likeness (QED) is 0.814. The fourth-order valence-electron chi connectivity index (χ4n) is 2.51. The third-order valence-electron chi connectivity index (χ3n) is 3.45. The van der Waals surface area contributed by atoms with Crippen molar-refractivity contribution in [2.45, 2.75) is 32.3 Å². The molecule has 1 aliphatic rings. The molecule has 1 N–H and O–H groups in total. The molecular formula is C14H16N2O. The van der Waals surface area contributed by atoms with Gasteiger partial charge in [0.05, 0.1) is 18.0 Å². The molecule has 1 aliphatic carbocycles. The average molecular weight is 228 g/mol. The van der Waals surface area contributed by atoms with E-state index in [0.29, 0.717) is 0 Å². The van der Waals surface area contributed by atoms with E-state index in [-0.39, 0.29) is 6.10 Å². The van der Waals surface area contributed by atoms with Gasteiger partial charge in [-0.05, 0) is 44.4 Å². The summed E-state index contributed by atoms with van der Waals surface area (Å²) in [7, 11) is 0. The Morgan fingerprint density at radius 2 is 2.24 bits per heavy atom. The largest absolute Gasteiger partial charge is 0.388 e. The van der Waals surface area contributed by atoms with Gasteiger partial charge in [-0.25, -0.2) is 0 Å². The summed E-state index contributed by atoms with van der Waals surface area (Å²) in [4.78, 5) is 4.32. The van der Waals surface area contributed by atoms with Gasteiger partial charge in [0.25, 0.3) is 0 Å². The zero-order chi connectivity index (χ0) is 11.8. The Hall–Kier alpha value is -1.61. The molecule has 2 heterocycles. The zero-order valence-corrected chi connectivity index (χ0v) is 9.93. The molecule has 1 unspecified atom stereocenters. The lowest BCUT2D eigenvalue weighted by atomic mass is 9.95. The smallest absolute Gasteiger partial charge is 0.0807 e. The van der Waals surface area contributed by atoms with Gasteiger partial charge in [-0.2, -0.15) is 0 Å². The van der Waals surface area contributed by atoms with E-state index in [2.05, 4.69) is 15.6 Å². The van der Waals surface area contributed by atoms with Crippen molar-refractivity contribution in [2.24, 2.45) is 0 Å².